The van der Waals surface area contributed by atoms with Gasteiger partial charge in [-0.3, -0.25) is 4.99 Å². The van der Waals surface area contributed by atoms with Crippen molar-refractivity contribution in [1.82, 2.24) is 0 Å². The van der Waals surface area contributed by atoms with E-state index in [0.29, 0.717) is 10.6 Å². The lowest BCUT2D eigenvalue weighted by Crippen LogP contribution is -2.25. The van der Waals surface area contributed by atoms with Gasteiger partial charge in [0.2, 0.25) is 0 Å². The van der Waals surface area contributed by atoms with E-state index in [9.17, 15) is 9.90 Å². The first-order valence-corrected chi connectivity index (χ1v) is 5.93. The second-order valence-electron chi connectivity index (χ2n) is 4.19. The number of nitrogens with zero attached hydrogens (tertiary/aromatic N) is 1. The van der Waals surface area contributed by atoms with Gasteiger partial charge in [-0.25, -0.2) is 4.79 Å². The van der Waals surface area contributed by atoms with Crippen LogP contribution in [0.3, 0.4) is 0 Å². The first-order chi connectivity index (χ1) is 8.45. The van der Waals surface area contributed by atoms with E-state index in [0.717, 1.165) is 0 Å². The number of carbonyl (C=O) groups is 1. The van der Waals surface area contributed by atoms with Gasteiger partial charge in [0.25, 0.3) is 0 Å². The van der Waals surface area contributed by atoms with Crippen molar-refractivity contribution in [1.29, 1.82) is 0 Å². The topological polar surface area (TPSA) is 58.9 Å². The fourth-order valence-electron chi connectivity index (χ4n) is 1.42. The maximum atomic E-state index is 11.5. The SMILES string of the molecule is COC(=O)C(N=Cc1cc(Cl)ccc1O)C(C)C. The van der Waals surface area contributed by atoms with Gasteiger partial charge in [-0.1, -0.05) is 25.4 Å². The minimum Gasteiger partial charge on any atom is -0.507 e. The molecule has 98 valence electrons. The molecule has 1 unspecified atom stereocenters. The average Bonchev–Trinajstić information content (AvgIpc) is 2.32. The summed E-state index contributed by atoms with van der Waals surface area (Å²) in [5.74, 6) is -0.326. The monoisotopic (exact) mass is 269 g/mol. The molecule has 0 aliphatic heterocycles. The average molecular weight is 270 g/mol. The van der Waals surface area contributed by atoms with E-state index < -0.39 is 12.0 Å². The second-order valence-corrected chi connectivity index (χ2v) is 4.63. The Balaban J connectivity index is 2.96. The van der Waals surface area contributed by atoms with E-state index in [1.54, 1.807) is 12.1 Å². The van der Waals surface area contributed by atoms with E-state index in [4.69, 9.17) is 11.6 Å². The summed E-state index contributed by atoms with van der Waals surface area (Å²) in [4.78, 5) is 15.7. The molecule has 0 saturated heterocycles. The highest BCUT2D eigenvalue weighted by Gasteiger charge is 2.21. The Hall–Kier alpha value is -1.55. The van der Waals surface area contributed by atoms with Gasteiger partial charge in [-0.2, -0.15) is 0 Å². The third-order valence-electron chi connectivity index (χ3n) is 2.44. The van der Waals surface area contributed by atoms with Gasteiger partial charge in [0, 0.05) is 16.8 Å². The van der Waals surface area contributed by atoms with Crippen molar-refractivity contribution in [2.24, 2.45) is 10.9 Å². The predicted molar refractivity (Wildman–Crippen MR) is 71.4 cm³/mol. The van der Waals surface area contributed by atoms with Gasteiger partial charge in [0.15, 0.2) is 0 Å². The van der Waals surface area contributed by atoms with E-state index in [1.165, 1.54) is 19.4 Å². The van der Waals surface area contributed by atoms with Crippen molar-refractivity contribution in [3.8, 4) is 5.75 Å². The van der Waals surface area contributed by atoms with Crippen molar-refractivity contribution < 1.29 is 14.6 Å². The van der Waals surface area contributed by atoms with Gasteiger partial charge in [-0.05, 0) is 24.1 Å². The summed E-state index contributed by atoms with van der Waals surface area (Å²) in [5.41, 5.74) is 0.469. The first kappa shape index (κ1) is 14.5. The maximum absolute atomic E-state index is 11.5. The number of halogens is 1. The molecule has 0 bridgehead atoms. The fourth-order valence-corrected chi connectivity index (χ4v) is 1.60. The van der Waals surface area contributed by atoms with Crippen LogP contribution in [0.4, 0.5) is 0 Å². The molecule has 0 aliphatic carbocycles. The molecule has 0 amide bonds. The van der Waals surface area contributed by atoms with Gasteiger partial charge in [0.05, 0.1) is 7.11 Å². The lowest BCUT2D eigenvalue weighted by molar-refractivity contribution is -0.143. The molecule has 1 aromatic rings. The molecule has 1 aromatic carbocycles. The highest BCUT2D eigenvalue weighted by atomic mass is 35.5. The van der Waals surface area contributed by atoms with E-state index in [-0.39, 0.29) is 11.7 Å². The van der Waals surface area contributed by atoms with Crippen LogP contribution in [0, 0.1) is 5.92 Å². The van der Waals surface area contributed by atoms with E-state index in [2.05, 4.69) is 9.73 Å². The number of methoxy groups -OCH3 is 1. The summed E-state index contributed by atoms with van der Waals surface area (Å²) in [7, 11) is 1.32. The van der Waals surface area contributed by atoms with Gasteiger partial charge < -0.3 is 9.84 Å². The van der Waals surface area contributed by atoms with Gasteiger partial charge >= 0.3 is 5.97 Å². The molecule has 0 saturated carbocycles. The third-order valence-corrected chi connectivity index (χ3v) is 2.67. The number of ether oxygens (including phenoxy) is 1. The number of phenolic OH excluding ortho intramolecular Hbond substituents is 1. The third kappa shape index (κ3) is 3.74. The zero-order valence-electron chi connectivity index (χ0n) is 10.6. The number of carbonyl (C=O) groups excluding carboxylic acids is 1. The molecular formula is C13H16ClNO3. The number of aliphatic imine (C=N–C) groups is 1. The summed E-state index contributed by atoms with van der Waals surface area (Å²) < 4.78 is 4.67. The normalized spacial score (nSPS) is 12.9. The van der Waals surface area contributed by atoms with Gasteiger partial charge in [-0.15, -0.1) is 0 Å². The van der Waals surface area contributed by atoms with Crippen molar-refractivity contribution in [2.75, 3.05) is 7.11 Å². The minimum absolute atomic E-state index is 0.00928. The zero-order chi connectivity index (χ0) is 13.7. The highest BCUT2D eigenvalue weighted by Crippen LogP contribution is 2.20. The van der Waals surface area contributed by atoms with E-state index in [1.807, 2.05) is 13.8 Å². The van der Waals surface area contributed by atoms with Crippen LogP contribution >= 0.6 is 11.6 Å². The molecule has 1 N–H and O–H groups in total. The van der Waals surface area contributed by atoms with Crippen LogP contribution in [0.5, 0.6) is 5.75 Å². The Morgan fingerprint density at radius 3 is 2.72 bits per heavy atom. The number of aromatic hydroxyl groups is 1. The zero-order valence-corrected chi connectivity index (χ0v) is 11.3. The number of hydrogen-bond acceptors (Lipinski definition) is 4. The summed E-state index contributed by atoms with van der Waals surface area (Å²) in [6, 6.07) is 4.05. The standard InChI is InChI=1S/C13H16ClNO3/c1-8(2)12(13(17)18-3)15-7-9-6-10(14)4-5-11(9)16/h4-8,12,16H,1-3H3. The van der Waals surface area contributed by atoms with Crippen LogP contribution < -0.4 is 0 Å². The molecule has 1 atom stereocenters. The van der Waals surface area contributed by atoms with Crippen molar-refractivity contribution >= 4 is 23.8 Å². The van der Waals surface area contributed by atoms with Crippen molar-refractivity contribution in [3.63, 3.8) is 0 Å². The maximum Gasteiger partial charge on any atom is 0.330 e. The molecule has 0 heterocycles. The van der Waals surface area contributed by atoms with Crippen LogP contribution in [0.1, 0.15) is 19.4 Å². The Morgan fingerprint density at radius 2 is 2.17 bits per heavy atom. The molecule has 18 heavy (non-hydrogen) atoms. The quantitative estimate of drug-likeness (QED) is 0.675. The first-order valence-electron chi connectivity index (χ1n) is 5.55. The number of rotatable bonds is 4. The Morgan fingerprint density at radius 1 is 1.50 bits per heavy atom. The fraction of sp³-hybridized carbons (Fsp3) is 0.385. The minimum atomic E-state index is -0.589. The Bertz CT molecular complexity index is 458. The molecule has 5 heteroatoms. The van der Waals surface area contributed by atoms with Crippen molar-refractivity contribution in [3.05, 3.63) is 28.8 Å². The number of hydrogen-bond donors (Lipinski definition) is 1. The molecule has 0 aliphatic rings. The predicted octanol–water partition coefficient (Wildman–Crippen LogP) is 2.66. The van der Waals surface area contributed by atoms with Crippen LogP contribution in [0.15, 0.2) is 23.2 Å². The molecule has 0 radical (unpaired) electrons. The van der Waals surface area contributed by atoms with Crippen LogP contribution in [0.25, 0.3) is 0 Å². The second kappa shape index (κ2) is 6.40. The molecular weight excluding hydrogens is 254 g/mol. The van der Waals surface area contributed by atoms with Crippen LogP contribution in [-0.2, 0) is 9.53 Å². The van der Waals surface area contributed by atoms with Crippen molar-refractivity contribution in [2.45, 2.75) is 19.9 Å². The Labute approximate surface area is 111 Å². The molecule has 1 rings (SSSR count). The van der Waals surface area contributed by atoms with E-state index >= 15 is 0 Å². The van der Waals surface area contributed by atoms with Crippen LogP contribution in [-0.4, -0.2) is 30.4 Å². The lowest BCUT2D eigenvalue weighted by atomic mass is 10.1. The molecule has 0 fully saturated rings. The molecule has 0 aromatic heterocycles. The van der Waals surface area contributed by atoms with Crippen LogP contribution in [0.2, 0.25) is 5.02 Å². The molecule has 0 spiro atoms. The number of esters is 1. The largest absolute Gasteiger partial charge is 0.507 e. The summed E-state index contributed by atoms with van der Waals surface area (Å²) in [5, 5.41) is 10.1. The summed E-state index contributed by atoms with van der Waals surface area (Å²) in [6.45, 7) is 3.74. The van der Waals surface area contributed by atoms with Gasteiger partial charge in [0.1, 0.15) is 11.8 Å². The number of benzene rings is 1. The summed E-state index contributed by atoms with van der Waals surface area (Å²) in [6.07, 6.45) is 1.43. The highest BCUT2D eigenvalue weighted by molar-refractivity contribution is 6.30. The molecule has 4 nitrogen and oxygen atoms in total. The Kier molecular flexibility index (Phi) is 5.16. The smallest absolute Gasteiger partial charge is 0.330 e. The number of phenols is 1. The summed E-state index contributed by atoms with van der Waals surface area (Å²) >= 11 is 5.82. The lowest BCUT2D eigenvalue weighted by Gasteiger charge is -2.13.